The predicted molar refractivity (Wildman–Crippen MR) is 67.1 cm³/mol. The number of rotatable bonds is 2. The summed E-state index contributed by atoms with van der Waals surface area (Å²) in [6, 6.07) is 6.66. The van der Waals surface area contributed by atoms with Crippen molar-refractivity contribution in [3.05, 3.63) is 34.4 Å². The molecule has 1 aromatic rings. The van der Waals surface area contributed by atoms with Gasteiger partial charge in [0.2, 0.25) is 0 Å². The minimum absolute atomic E-state index is 0.126. The fourth-order valence-corrected chi connectivity index (χ4v) is 2.27. The third kappa shape index (κ3) is 2.74. The van der Waals surface area contributed by atoms with Crippen LogP contribution in [0.5, 0.6) is 0 Å². The molecular formula is C12H17N3O2. The van der Waals surface area contributed by atoms with Gasteiger partial charge in [-0.3, -0.25) is 10.1 Å². The second-order valence-electron chi connectivity index (χ2n) is 4.95. The SMILES string of the molecule is CC1(N)CCCN(c2ccc([N+](=O)[O-])cc2)C1. The maximum Gasteiger partial charge on any atom is 0.269 e. The average molecular weight is 235 g/mol. The standard InChI is InChI=1S/C12H17N3O2/c1-12(13)7-2-8-14(9-12)10-3-5-11(6-4-10)15(16)17/h3-6H,2,7-9,13H2,1H3. The second-order valence-corrected chi connectivity index (χ2v) is 4.95. The molecule has 0 amide bonds. The van der Waals surface area contributed by atoms with E-state index in [2.05, 4.69) is 4.90 Å². The van der Waals surface area contributed by atoms with Crippen molar-refractivity contribution in [3.8, 4) is 0 Å². The number of nitro benzene ring substituents is 1. The molecule has 0 bridgehead atoms. The van der Waals surface area contributed by atoms with Crippen LogP contribution in [0.2, 0.25) is 0 Å². The molecule has 2 N–H and O–H groups in total. The molecule has 1 aromatic carbocycles. The fraction of sp³-hybridized carbons (Fsp3) is 0.500. The summed E-state index contributed by atoms with van der Waals surface area (Å²) in [6.45, 7) is 3.81. The van der Waals surface area contributed by atoms with Crippen molar-refractivity contribution >= 4 is 11.4 Å². The maximum absolute atomic E-state index is 10.6. The quantitative estimate of drug-likeness (QED) is 0.627. The van der Waals surface area contributed by atoms with Crippen LogP contribution in [0.15, 0.2) is 24.3 Å². The minimum Gasteiger partial charge on any atom is -0.370 e. The lowest BCUT2D eigenvalue weighted by Gasteiger charge is -2.39. The van der Waals surface area contributed by atoms with Gasteiger partial charge in [-0.2, -0.15) is 0 Å². The number of piperidine rings is 1. The molecule has 1 saturated heterocycles. The Morgan fingerprint density at radius 2 is 2.06 bits per heavy atom. The van der Waals surface area contributed by atoms with Crippen molar-refractivity contribution in [2.45, 2.75) is 25.3 Å². The molecule has 1 unspecified atom stereocenters. The third-order valence-corrected chi connectivity index (χ3v) is 3.15. The topological polar surface area (TPSA) is 72.4 Å². The van der Waals surface area contributed by atoms with Crippen LogP contribution >= 0.6 is 0 Å². The summed E-state index contributed by atoms with van der Waals surface area (Å²) in [5, 5.41) is 10.6. The zero-order chi connectivity index (χ0) is 12.5. The Hall–Kier alpha value is -1.62. The van der Waals surface area contributed by atoms with Gasteiger partial charge in [0.25, 0.3) is 5.69 Å². The van der Waals surface area contributed by atoms with Crippen molar-refractivity contribution in [2.75, 3.05) is 18.0 Å². The summed E-state index contributed by atoms with van der Waals surface area (Å²) in [5.41, 5.74) is 7.10. The van der Waals surface area contributed by atoms with Gasteiger partial charge in [-0.25, -0.2) is 0 Å². The van der Waals surface area contributed by atoms with Crippen LogP contribution in [-0.4, -0.2) is 23.6 Å². The number of hydrogen-bond donors (Lipinski definition) is 1. The summed E-state index contributed by atoms with van der Waals surface area (Å²) >= 11 is 0. The van der Waals surface area contributed by atoms with Crippen molar-refractivity contribution in [1.82, 2.24) is 0 Å². The molecular weight excluding hydrogens is 218 g/mol. The van der Waals surface area contributed by atoms with Crippen molar-refractivity contribution in [2.24, 2.45) is 5.73 Å². The van der Waals surface area contributed by atoms with E-state index in [1.165, 1.54) is 12.1 Å². The number of anilines is 1. The monoisotopic (exact) mass is 235 g/mol. The smallest absolute Gasteiger partial charge is 0.269 e. The number of non-ortho nitro benzene ring substituents is 1. The van der Waals surface area contributed by atoms with Crippen LogP contribution in [0, 0.1) is 10.1 Å². The lowest BCUT2D eigenvalue weighted by Crippen LogP contribution is -2.52. The van der Waals surface area contributed by atoms with E-state index >= 15 is 0 Å². The van der Waals surface area contributed by atoms with E-state index in [0.717, 1.165) is 31.6 Å². The molecule has 5 heteroatoms. The first-order chi connectivity index (χ1) is 7.98. The highest BCUT2D eigenvalue weighted by Crippen LogP contribution is 2.25. The molecule has 92 valence electrons. The van der Waals surface area contributed by atoms with Crippen molar-refractivity contribution < 1.29 is 4.92 Å². The van der Waals surface area contributed by atoms with E-state index in [-0.39, 0.29) is 16.1 Å². The predicted octanol–water partition coefficient (Wildman–Crippen LogP) is 1.91. The Morgan fingerprint density at radius 3 is 2.59 bits per heavy atom. The number of hydrogen-bond acceptors (Lipinski definition) is 4. The highest BCUT2D eigenvalue weighted by molar-refractivity contribution is 5.51. The summed E-state index contributed by atoms with van der Waals surface area (Å²) in [6.07, 6.45) is 2.08. The Kier molecular flexibility index (Phi) is 3.02. The first-order valence-electron chi connectivity index (χ1n) is 5.76. The van der Waals surface area contributed by atoms with Crippen molar-refractivity contribution in [3.63, 3.8) is 0 Å². The van der Waals surface area contributed by atoms with E-state index in [9.17, 15) is 10.1 Å². The molecule has 1 atom stereocenters. The van der Waals surface area contributed by atoms with Gasteiger partial charge in [-0.1, -0.05) is 0 Å². The lowest BCUT2D eigenvalue weighted by molar-refractivity contribution is -0.384. The Morgan fingerprint density at radius 1 is 1.41 bits per heavy atom. The normalized spacial score (nSPS) is 24.7. The second kappa shape index (κ2) is 4.33. The van der Waals surface area contributed by atoms with Crippen LogP contribution in [0.1, 0.15) is 19.8 Å². The molecule has 1 aliphatic rings. The Bertz CT molecular complexity index is 414. The number of nitrogens with two attached hydrogens (primary N) is 1. The molecule has 5 nitrogen and oxygen atoms in total. The molecule has 1 aliphatic heterocycles. The van der Waals surface area contributed by atoms with Crippen LogP contribution in [0.3, 0.4) is 0 Å². The van der Waals surface area contributed by atoms with E-state index in [1.807, 2.05) is 6.92 Å². The number of nitrogens with zero attached hydrogens (tertiary/aromatic N) is 2. The fourth-order valence-electron chi connectivity index (χ4n) is 2.27. The van der Waals surface area contributed by atoms with E-state index in [0.29, 0.717) is 0 Å². The lowest BCUT2D eigenvalue weighted by atomic mass is 9.92. The van der Waals surface area contributed by atoms with Crippen LogP contribution in [0.25, 0.3) is 0 Å². The van der Waals surface area contributed by atoms with E-state index in [4.69, 9.17) is 5.73 Å². The maximum atomic E-state index is 10.6. The summed E-state index contributed by atoms with van der Waals surface area (Å²) in [7, 11) is 0. The minimum atomic E-state index is -0.382. The van der Waals surface area contributed by atoms with Gasteiger partial charge in [-0.05, 0) is 31.9 Å². The molecule has 0 aliphatic carbocycles. The van der Waals surface area contributed by atoms with E-state index < -0.39 is 0 Å². The highest BCUT2D eigenvalue weighted by atomic mass is 16.6. The third-order valence-electron chi connectivity index (χ3n) is 3.15. The number of benzene rings is 1. The summed E-state index contributed by atoms with van der Waals surface area (Å²) < 4.78 is 0. The molecule has 1 heterocycles. The number of nitro groups is 1. The van der Waals surface area contributed by atoms with Crippen LogP contribution < -0.4 is 10.6 Å². The van der Waals surface area contributed by atoms with E-state index in [1.54, 1.807) is 12.1 Å². The Labute approximate surface area is 100 Å². The molecule has 0 radical (unpaired) electrons. The molecule has 17 heavy (non-hydrogen) atoms. The highest BCUT2D eigenvalue weighted by Gasteiger charge is 2.27. The van der Waals surface area contributed by atoms with Gasteiger partial charge in [0.15, 0.2) is 0 Å². The van der Waals surface area contributed by atoms with Gasteiger partial charge in [0.05, 0.1) is 4.92 Å². The molecule has 0 saturated carbocycles. The van der Waals surface area contributed by atoms with Gasteiger partial charge >= 0.3 is 0 Å². The zero-order valence-corrected chi connectivity index (χ0v) is 9.93. The summed E-state index contributed by atoms with van der Waals surface area (Å²) in [4.78, 5) is 12.4. The van der Waals surface area contributed by atoms with Gasteiger partial charge < -0.3 is 10.6 Å². The summed E-state index contributed by atoms with van der Waals surface area (Å²) in [5.74, 6) is 0. The molecule has 1 fully saturated rings. The van der Waals surface area contributed by atoms with Gasteiger partial charge in [0.1, 0.15) is 0 Å². The Balaban J connectivity index is 2.14. The first-order valence-corrected chi connectivity index (χ1v) is 5.76. The largest absolute Gasteiger partial charge is 0.370 e. The molecule has 0 aromatic heterocycles. The van der Waals surface area contributed by atoms with Gasteiger partial charge in [0, 0.05) is 36.4 Å². The van der Waals surface area contributed by atoms with Crippen molar-refractivity contribution in [1.29, 1.82) is 0 Å². The first kappa shape index (κ1) is 11.9. The van der Waals surface area contributed by atoms with Crippen LogP contribution in [0.4, 0.5) is 11.4 Å². The zero-order valence-electron chi connectivity index (χ0n) is 9.93. The van der Waals surface area contributed by atoms with Gasteiger partial charge in [-0.15, -0.1) is 0 Å². The molecule has 2 rings (SSSR count). The average Bonchev–Trinajstić information content (AvgIpc) is 2.28. The van der Waals surface area contributed by atoms with Crippen LogP contribution in [-0.2, 0) is 0 Å². The molecule has 0 spiro atoms.